The van der Waals surface area contributed by atoms with Crippen molar-refractivity contribution in [3.8, 4) is 0 Å². The molecule has 0 spiro atoms. The Hall–Kier alpha value is -3.99. The number of hydrogen-bond acceptors (Lipinski definition) is 3. The van der Waals surface area contributed by atoms with Crippen LogP contribution in [0.1, 0.15) is 87.5 Å². The van der Waals surface area contributed by atoms with E-state index in [1.54, 1.807) is 6.20 Å². The minimum Gasteiger partial charge on any atom is -0.325 e. The molecule has 1 fully saturated rings. The van der Waals surface area contributed by atoms with Crippen molar-refractivity contribution in [2.75, 3.05) is 5.32 Å². The molecule has 1 N–H and O–H groups in total. The lowest BCUT2D eigenvalue weighted by atomic mass is 9.83. The number of carbonyl (C=O) groups excluding carboxylic acids is 1. The molecule has 3 aromatic carbocycles. The molecular weight excluding hydrogens is 530 g/mol. The first-order valence-corrected chi connectivity index (χ1v) is 15.7. The zero-order chi connectivity index (χ0) is 30.6. The van der Waals surface area contributed by atoms with Gasteiger partial charge in [0, 0.05) is 11.1 Å². The van der Waals surface area contributed by atoms with Gasteiger partial charge in [0.1, 0.15) is 0 Å². The molecule has 1 atom stereocenters. The molecule has 1 unspecified atom stereocenters. The summed E-state index contributed by atoms with van der Waals surface area (Å²) in [5, 5.41) is 9.21. The summed E-state index contributed by atoms with van der Waals surface area (Å²) in [6, 6.07) is 21.9. The number of aromatic nitrogens is 2. The van der Waals surface area contributed by atoms with E-state index in [0.717, 1.165) is 72.7 Å². The molecule has 224 valence electrons. The van der Waals surface area contributed by atoms with Gasteiger partial charge in [0.15, 0.2) is 0 Å². The van der Waals surface area contributed by atoms with E-state index in [4.69, 9.17) is 0 Å². The third kappa shape index (κ3) is 7.51. The second kappa shape index (κ2) is 13.1. The molecule has 0 radical (unpaired) electrons. The highest BCUT2D eigenvalue weighted by molar-refractivity contribution is 5.97. The number of carbonyl (C=O) groups is 1. The first kappa shape index (κ1) is 30.5. The van der Waals surface area contributed by atoms with E-state index in [-0.39, 0.29) is 22.8 Å². The average molecular weight is 576 g/mol. The molecular formula is C38H45N3O2. The van der Waals surface area contributed by atoms with Crippen molar-refractivity contribution in [2.45, 2.75) is 85.1 Å². The van der Waals surface area contributed by atoms with Crippen molar-refractivity contribution in [1.82, 2.24) is 9.78 Å². The summed E-state index contributed by atoms with van der Waals surface area (Å²) in [5.74, 6) is 0.164. The summed E-state index contributed by atoms with van der Waals surface area (Å²) in [5.41, 5.74) is 6.70. The van der Waals surface area contributed by atoms with Gasteiger partial charge < -0.3 is 5.32 Å². The zero-order valence-electron chi connectivity index (χ0n) is 26.2. The molecule has 1 aromatic heterocycles. The first-order valence-electron chi connectivity index (χ1n) is 15.7. The monoisotopic (exact) mass is 575 g/mol. The van der Waals surface area contributed by atoms with Crippen molar-refractivity contribution >= 4 is 22.4 Å². The van der Waals surface area contributed by atoms with Crippen molar-refractivity contribution in [1.29, 1.82) is 0 Å². The zero-order valence-corrected chi connectivity index (χ0v) is 26.2. The summed E-state index contributed by atoms with van der Waals surface area (Å²) < 4.78 is 1.51. The fourth-order valence-electron chi connectivity index (χ4n) is 6.62. The van der Waals surface area contributed by atoms with Gasteiger partial charge in [0.25, 0.3) is 5.56 Å². The van der Waals surface area contributed by atoms with Crippen molar-refractivity contribution in [3.63, 3.8) is 0 Å². The predicted octanol–water partition coefficient (Wildman–Crippen LogP) is 8.59. The van der Waals surface area contributed by atoms with Crippen LogP contribution in [-0.2, 0) is 17.8 Å². The Bertz CT molecular complexity index is 1650. The maximum absolute atomic E-state index is 14.0. The topological polar surface area (TPSA) is 64.0 Å². The number of benzene rings is 3. The lowest BCUT2D eigenvalue weighted by Crippen LogP contribution is -2.27. The average Bonchev–Trinajstić information content (AvgIpc) is 3.50. The molecule has 5 rings (SSSR count). The number of anilines is 1. The normalized spacial score (nSPS) is 14.6. The fraction of sp³-hybridized carbons (Fsp3) is 0.395. The van der Waals surface area contributed by atoms with Gasteiger partial charge in [-0.25, -0.2) is 4.68 Å². The molecule has 1 saturated carbocycles. The van der Waals surface area contributed by atoms with Gasteiger partial charge in [-0.05, 0) is 84.7 Å². The highest BCUT2D eigenvalue weighted by Gasteiger charge is 2.32. The van der Waals surface area contributed by atoms with Crippen LogP contribution in [0.3, 0.4) is 0 Å². The van der Waals surface area contributed by atoms with Gasteiger partial charge in [0.05, 0.1) is 24.0 Å². The van der Waals surface area contributed by atoms with Crippen LogP contribution in [0.25, 0.3) is 10.8 Å². The summed E-state index contributed by atoms with van der Waals surface area (Å²) in [4.78, 5) is 26.9. The highest BCUT2D eigenvalue weighted by atomic mass is 16.2. The number of amides is 1. The minimum absolute atomic E-state index is 0.0597. The standard InChI is InChI=1S/C38H45N3O2/c1-26(23-38(3,4)5)17-20-29-14-10-16-34(27(29)2)40-36(42)35(30-11-6-7-12-30)31-21-18-28(19-22-31)25-41-37(43)33-15-9-8-13-32(33)24-39-41/h8-10,13-16,18-19,21-22,24,30,35H,1,6-7,11-12,17,20,23,25H2,2-5H3,(H,40,42). The van der Waals surface area contributed by atoms with Crippen LogP contribution in [0, 0.1) is 18.3 Å². The highest BCUT2D eigenvalue weighted by Crippen LogP contribution is 2.38. The van der Waals surface area contributed by atoms with Gasteiger partial charge >= 0.3 is 0 Å². The quantitative estimate of drug-likeness (QED) is 0.193. The Balaban J connectivity index is 1.32. The van der Waals surface area contributed by atoms with E-state index in [1.165, 1.54) is 15.8 Å². The second-order valence-electron chi connectivity index (χ2n) is 13.5. The number of hydrogen-bond donors (Lipinski definition) is 1. The number of rotatable bonds is 10. The SMILES string of the molecule is C=C(CCc1cccc(NC(=O)C(c2ccc(Cn3ncc4ccccc4c3=O)cc2)C2CCCC2)c1C)CC(C)(C)C. The molecule has 4 aromatic rings. The molecule has 5 heteroatoms. The number of fused-ring (bicyclic) bond motifs is 1. The van der Waals surface area contributed by atoms with Crippen LogP contribution in [0.2, 0.25) is 0 Å². The third-order valence-electron chi connectivity index (χ3n) is 8.82. The van der Waals surface area contributed by atoms with Gasteiger partial charge in [-0.2, -0.15) is 5.10 Å². The van der Waals surface area contributed by atoms with Crippen LogP contribution in [0.4, 0.5) is 5.69 Å². The third-order valence-corrected chi connectivity index (χ3v) is 8.82. The number of nitrogens with zero attached hydrogens (tertiary/aromatic N) is 2. The van der Waals surface area contributed by atoms with Crippen LogP contribution >= 0.6 is 0 Å². The molecule has 1 aliphatic carbocycles. The molecule has 0 saturated heterocycles. The van der Waals surface area contributed by atoms with Crippen molar-refractivity contribution in [2.24, 2.45) is 11.3 Å². The number of aryl methyl sites for hydroxylation is 1. The largest absolute Gasteiger partial charge is 0.325 e. The van der Waals surface area contributed by atoms with Crippen LogP contribution in [0.15, 0.2) is 89.9 Å². The van der Waals surface area contributed by atoms with Crippen molar-refractivity contribution < 1.29 is 4.79 Å². The van der Waals surface area contributed by atoms with E-state index in [2.05, 4.69) is 62.9 Å². The molecule has 1 aliphatic rings. The lowest BCUT2D eigenvalue weighted by molar-refractivity contribution is -0.118. The Morgan fingerprint density at radius 2 is 1.74 bits per heavy atom. The molecule has 0 aliphatic heterocycles. The Morgan fingerprint density at radius 3 is 2.47 bits per heavy atom. The Labute approximate surface area is 256 Å². The second-order valence-corrected chi connectivity index (χ2v) is 13.5. The summed E-state index contributed by atoms with van der Waals surface area (Å²) in [6.07, 6.45) is 9.08. The van der Waals surface area contributed by atoms with E-state index in [0.29, 0.717) is 17.8 Å². The van der Waals surface area contributed by atoms with E-state index in [9.17, 15) is 9.59 Å². The predicted molar refractivity (Wildman–Crippen MR) is 178 cm³/mol. The van der Waals surface area contributed by atoms with Crippen LogP contribution < -0.4 is 10.9 Å². The van der Waals surface area contributed by atoms with E-state index < -0.39 is 0 Å². The maximum Gasteiger partial charge on any atom is 0.274 e. The van der Waals surface area contributed by atoms with Gasteiger partial charge in [0.2, 0.25) is 5.91 Å². The Kier molecular flexibility index (Phi) is 9.29. The molecule has 5 nitrogen and oxygen atoms in total. The minimum atomic E-state index is -0.215. The van der Waals surface area contributed by atoms with E-state index in [1.807, 2.05) is 48.5 Å². The molecule has 1 amide bonds. The number of nitrogens with one attached hydrogen (secondary N) is 1. The maximum atomic E-state index is 14.0. The summed E-state index contributed by atoms with van der Waals surface area (Å²) in [7, 11) is 0. The molecule has 0 bridgehead atoms. The molecule has 1 heterocycles. The fourth-order valence-corrected chi connectivity index (χ4v) is 6.62. The first-order chi connectivity index (χ1) is 20.6. The van der Waals surface area contributed by atoms with Crippen molar-refractivity contribution in [3.05, 3.63) is 118 Å². The Morgan fingerprint density at radius 1 is 1.02 bits per heavy atom. The van der Waals surface area contributed by atoms with E-state index >= 15 is 0 Å². The molecule has 43 heavy (non-hydrogen) atoms. The summed E-state index contributed by atoms with van der Waals surface area (Å²) >= 11 is 0. The number of allylic oxidation sites excluding steroid dienone is 1. The van der Waals surface area contributed by atoms with Gasteiger partial charge in [-0.3, -0.25) is 9.59 Å². The smallest absolute Gasteiger partial charge is 0.274 e. The van der Waals surface area contributed by atoms with Crippen LogP contribution in [-0.4, -0.2) is 15.7 Å². The summed E-state index contributed by atoms with van der Waals surface area (Å²) in [6.45, 7) is 13.6. The van der Waals surface area contributed by atoms with Crippen LogP contribution in [0.5, 0.6) is 0 Å². The van der Waals surface area contributed by atoms with Gasteiger partial charge in [-0.1, -0.05) is 100 Å². The van der Waals surface area contributed by atoms with Gasteiger partial charge in [-0.15, -0.1) is 0 Å². The lowest BCUT2D eigenvalue weighted by Gasteiger charge is -2.24.